The third-order valence-electron chi connectivity index (χ3n) is 3.28. The maximum Gasteiger partial charge on any atom is 0.289 e. The van der Waals surface area contributed by atoms with Crippen LogP contribution in [0.15, 0.2) is 16.7 Å². The molecule has 1 aliphatic rings. The summed E-state index contributed by atoms with van der Waals surface area (Å²) in [5.41, 5.74) is 6.60. The Morgan fingerprint density at radius 1 is 1.69 bits per heavy atom. The first-order valence-corrected chi connectivity index (χ1v) is 5.66. The molecule has 1 saturated carbocycles. The lowest BCUT2D eigenvalue weighted by atomic mass is 10.1. The van der Waals surface area contributed by atoms with Crippen molar-refractivity contribution in [1.82, 2.24) is 4.90 Å². The Hall–Kier alpha value is -1.29. The molecule has 0 aliphatic heterocycles. The topological polar surface area (TPSA) is 59.5 Å². The molecule has 0 saturated heterocycles. The average Bonchev–Trinajstić information content (AvgIpc) is 3.01. The first-order valence-electron chi connectivity index (χ1n) is 5.66. The second-order valence-corrected chi connectivity index (χ2v) is 4.49. The number of carbonyl (C=O) groups is 1. The number of likely N-dealkylation sites (N-methyl/N-ethyl adjacent to an activating group) is 1. The van der Waals surface area contributed by atoms with Gasteiger partial charge >= 0.3 is 0 Å². The molecule has 2 N–H and O–H groups in total. The van der Waals surface area contributed by atoms with Gasteiger partial charge < -0.3 is 15.1 Å². The summed E-state index contributed by atoms with van der Waals surface area (Å²) in [6.45, 7) is 2.39. The van der Waals surface area contributed by atoms with Crippen molar-refractivity contribution in [2.45, 2.75) is 25.8 Å². The van der Waals surface area contributed by atoms with Crippen molar-refractivity contribution in [1.29, 1.82) is 0 Å². The molecule has 16 heavy (non-hydrogen) atoms. The third kappa shape index (κ3) is 1.97. The molecule has 0 bridgehead atoms. The van der Waals surface area contributed by atoms with E-state index in [2.05, 4.69) is 0 Å². The van der Waals surface area contributed by atoms with Crippen molar-refractivity contribution >= 4 is 5.91 Å². The van der Waals surface area contributed by atoms with Gasteiger partial charge in [0.05, 0.1) is 6.26 Å². The molecule has 4 nitrogen and oxygen atoms in total. The van der Waals surface area contributed by atoms with Crippen molar-refractivity contribution < 1.29 is 9.21 Å². The van der Waals surface area contributed by atoms with E-state index < -0.39 is 0 Å². The highest BCUT2D eigenvalue weighted by Gasteiger charge is 2.35. The molecular weight excluding hydrogens is 204 g/mol. The molecule has 4 heteroatoms. The Kier molecular flexibility index (Phi) is 3.01. The number of furan rings is 1. The molecule has 1 fully saturated rings. The smallest absolute Gasteiger partial charge is 0.289 e. The zero-order valence-electron chi connectivity index (χ0n) is 9.77. The van der Waals surface area contributed by atoms with Crippen LogP contribution in [0.2, 0.25) is 0 Å². The van der Waals surface area contributed by atoms with Crippen LogP contribution in [0.25, 0.3) is 0 Å². The zero-order chi connectivity index (χ0) is 11.7. The lowest BCUT2D eigenvalue weighted by molar-refractivity contribution is 0.0685. The minimum atomic E-state index is -0.0650. The molecule has 1 amide bonds. The van der Waals surface area contributed by atoms with E-state index in [0.717, 1.165) is 5.56 Å². The maximum atomic E-state index is 12.1. The van der Waals surface area contributed by atoms with Crippen LogP contribution >= 0.6 is 0 Å². The first kappa shape index (κ1) is 11.2. The molecule has 1 atom stereocenters. The highest BCUT2D eigenvalue weighted by atomic mass is 16.3. The summed E-state index contributed by atoms with van der Waals surface area (Å²) in [6, 6.07) is 1.95. The molecule has 0 radical (unpaired) electrons. The molecule has 2 rings (SSSR count). The van der Waals surface area contributed by atoms with Crippen LogP contribution in [-0.4, -0.2) is 30.4 Å². The Morgan fingerprint density at radius 3 is 2.81 bits per heavy atom. The summed E-state index contributed by atoms with van der Waals surface area (Å²) < 4.78 is 5.21. The van der Waals surface area contributed by atoms with Gasteiger partial charge in [0.1, 0.15) is 0 Å². The second kappa shape index (κ2) is 4.29. The summed E-state index contributed by atoms with van der Waals surface area (Å²) >= 11 is 0. The van der Waals surface area contributed by atoms with Crippen molar-refractivity contribution in [2.24, 2.45) is 11.7 Å². The number of hydrogen-bond acceptors (Lipinski definition) is 3. The molecule has 1 aromatic heterocycles. The molecule has 1 aromatic rings. The number of nitrogens with two attached hydrogens (primary N) is 1. The van der Waals surface area contributed by atoms with Gasteiger partial charge in [-0.05, 0) is 31.7 Å². The van der Waals surface area contributed by atoms with Crippen LogP contribution in [0.1, 0.15) is 29.0 Å². The van der Waals surface area contributed by atoms with Gasteiger partial charge in [-0.3, -0.25) is 4.79 Å². The molecule has 88 valence electrons. The van der Waals surface area contributed by atoms with Gasteiger partial charge in [-0.1, -0.05) is 0 Å². The number of hydrogen-bond donors (Lipinski definition) is 1. The van der Waals surface area contributed by atoms with Crippen molar-refractivity contribution in [3.63, 3.8) is 0 Å². The fourth-order valence-corrected chi connectivity index (χ4v) is 2.05. The van der Waals surface area contributed by atoms with E-state index in [9.17, 15) is 4.79 Å². The van der Waals surface area contributed by atoms with Gasteiger partial charge in [0.2, 0.25) is 0 Å². The SMILES string of the molecule is Cc1ccoc1C(=O)N(C)C(CN)C1CC1. The van der Waals surface area contributed by atoms with Gasteiger partial charge in [-0.15, -0.1) is 0 Å². The van der Waals surface area contributed by atoms with E-state index in [1.165, 1.54) is 12.8 Å². The van der Waals surface area contributed by atoms with Crippen LogP contribution in [-0.2, 0) is 0 Å². The summed E-state index contributed by atoms with van der Waals surface area (Å²) in [7, 11) is 1.81. The highest BCUT2D eigenvalue weighted by Crippen LogP contribution is 2.35. The van der Waals surface area contributed by atoms with E-state index in [0.29, 0.717) is 18.2 Å². The van der Waals surface area contributed by atoms with E-state index >= 15 is 0 Å². The minimum Gasteiger partial charge on any atom is -0.459 e. The van der Waals surface area contributed by atoms with Gasteiger partial charge in [0.25, 0.3) is 5.91 Å². The molecular formula is C12H18N2O2. The summed E-state index contributed by atoms with van der Waals surface area (Å²) in [5, 5.41) is 0. The maximum absolute atomic E-state index is 12.1. The molecule has 1 heterocycles. The van der Waals surface area contributed by atoms with Gasteiger partial charge in [-0.25, -0.2) is 0 Å². The lowest BCUT2D eigenvalue weighted by Gasteiger charge is -2.26. The molecule has 0 aromatic carbocycles. The Morgan fingerprint density at radius 2 is 2.38 bits per heavy atom. The van der Waals surface area contributed by atoms with E-state index in [1.54, 1.807) is 24.3 Å². The van der Waals surface area contributed by atoms with Crippen LogP contribution in [0.3, 0.4) is 0 Å². The third-order valence-corrected chi connectivity index (χ3v) is 3.28. The predicted octanol–water partition coefficient (Wildman–Crippen LogP) is 1.40. The van der Waals surface area contributed by atoms with E-state index in [1.807, 2.05) is 6.92 Å². The number of carbonyl (C=O) groups excluding carboxylic acids is 1. The number of amides is 1. The molecule has 1 aliphatic carbocycles. The van der Waals surface area contributed by atoms with E-state index in [4.69, 9.17) is 10.2 Å². The van der Waals surface area contributed by atoms with Crippen molar-refractivity contribution in [2.75, 3.05) is 13.6 Å². The first-order chi connectivity index (χ1) is 7.65. The lowest BCUT2D eigenvalue weighted by Crippen LogP contribution is -2.43. The number of rotatable bonds is 4. The van der Waals surface area contributed by atoms with Crippen LogP contribution in [0.4, 0.5) is 0 Å². The van der Waals surface area contributed by atoms with Gasteiger partial charge in [0, 0.05) is 25.2 Å². The minimum absolute atomic E-state index is 0.0650. The Balaban J connectivity index is 2.11. The number of nitrogens with zero attached hydrogens (tertiary/aromatic N) is 1. The van der Waals surface area contributed by atoms with E-state index in [-0.39, 0.29) is 11.9 Å². The Labute approximate surface area is 95.4 Å². The second-order valence-electron chi connectivity index (χ2n) is 4.49. The van der Waals surface area contributed by atoms with Crippen molar-refractivity contribution in [3.05, 3.63) is 23.7 Å². The fourth-order valence-electron chi connectivity index (χ4n) is 2.05. The van der Waals surface area contributed by atoms with Crippen LogP contribution in [0.5, 0.6) is 0 Å². The average molecular weight is 222 g/mol. The zero-order valence-corrected chi connectivity index (χ0v) is 9.77. The Bertz CT molecular complexity index is 382. The van der Waals surface area contributed by atoms with Gasteiger partial charge in [0.15, 0.2) is 5.76 Å². The normalized spacial score (nSPS) is 17.2. The standard InChI is InChI=1S/C12H18N2O2/c1-8-5-6-16-11(8)12(15)14(2)10(7-13)9-3-4-9/h5-6,9-10H,3-4,7,13H2,1-2H3. The molecule has 1 unspecified atom stereocenters. The fraction of sp³-hybridized carbons (Fsp3) is 0.583. The van der Waals surface area contributed by atoms with Crippen LogP contribution in [0, 0.1) is 12.8 Å². The highest BCUT2D eigenvalue weighted by molar-refractivity contribution is 5.92. The molecule has 0 spiro atoms. The summed E-state index contributed by atoms with van der Waals surface area (Å²) in [5.74, 6) is 0.945. The largest absolute Gasteiger partial charge is 0.459 e. The summed E-state index contributed by atoms with van der Waals surface area (Å²) in [6.07, 6.45) is 3.90. The number of aryl methyl sites for hydroxylation is 1. The van der Waals surface area contributed by atoms with Gasteiger partial charge in [-0.2, -0.15) is 0 Å². The predicted molar refractivity (Wildman–Crippen MR) is 61.1 cm³/mol. The monoisotopic (exact) mass is 222 g/mol. The quantitative estimate of drug-likeness (QED) is 0.837. The van der Waals surface area contributed by atoms with Crippen molar-refractivity contribution in [3.8, 4) is 0 Å². The van der Waals surface area contributed by atoms with Crippen LogP contribution < -0.4 is 5.73 Å². The summed E-state index contributed by atoms with van der Waals surface area (Å²) in [4.78, 5) is 13.9.